The third-order valence-corrected chi connectivity index (χ3v) is 5.35. The minimum absolute atomic E-state index is 0.0158. The molecule has 1 N–H and O–H groups in total. The van der Waals surface area contributed by atoms with Crippen LogP contribution in [0.3, 0.4) is 0 Å². The summed E-state index contributed by atoms with van der Waals surface area (Å²) in [6, 6.07) is 9.83. The zero-order chi connectivity index (χ0) is 19.8. The van der Waals surface area contributed by atoms with Crippen molar-refractivity contribution in [1.82, 2.24) is 5.16 Å². The fraction of sp³-hybridized carbons (Fsp3) is 0.167. The standard InChI is InChI=1S/C18H15F3N2O3S/c1-11-17(12(2)26-22-11)13-3-9-16(10-4-13)27(24,25)23-15-7-5-14(6-8-15)18(19,20)21/h3-10,23H,1-2H3. The van der Waals surface area contributed by atoms with Crippen LogP contribution in [0.5, 0.6) is 0 Å². The van der Waals surface area contributed by atoms with Crippen LogP contribution in [0.15, 0.2) is 57.9 Å². The summed E-state index contributed by atoms with van der Waals surface area (Å²) in [7, 11) is -3.94. The molecule has 27 heavy (non-hydrogen) atoms. The van der Waals surface area contributed by atoms with E-state index < -0.39 is 21.8 Å². The van der Waals surface area contributed by atoms with E-state index in [9.17, 15) is 21.6 Å². The van der Waals surface area contributed by atoms with Gasteiger partial charge in [-0.15, -0.1) is 0 Å². The maximum absolute atomic E-state index is 12.6. The lowest BCUT2D eigenvalue weighted by atomic mass is 10.0. The van der Waals surface area contributed by atoms with Crippen molar-refractivity contribution >= 4 is 15.7 Å². The lowest BCUT2D eigenvalue weighted by Crippen LogP contribution is -2.13. The number of nitrogens with one attached hydrogen (secondary N) is 1. The van der Waals surface area contributed by atoms with Crippen LogP contribution in [-0.4, -0.2) is 13.6 Å². The van der Waals surface area contributed by atoms with Crippen molar-refractivity contribution in [3.05, 3.63) is 65.5 Å². The Morgan fingerprint density at radius 2 is 1.56 bits per heavy atom. The first-order chi connectivity index (χ1) is 12.6. The maximum Gasteiger partial charge on any atom is 0.416 e. The number of hydrogen-bond acceptors (Lipinski definition) is 4. The molecule has 0 aliphatic heterocycles. The molecule has 1 aromatic heterocycles. The second-order valence-corrected chi connectivity index (χ2v) is 7.59. The van der Waals surface area contributed by atoms with E-state index in [4.69, 9.17) is 4.52 Å². The Balaban J connectivity index is 1.83. The molecule has 0 bridgehead atoms. The van der Waals surface area contributed by atoms with Gasteiger partial charge in [-0.25, -0.2) is 8.42 Å². The van der Waals surface area contributed by atoms with Gasteiger partial charge in [0.15, 0.2) is 0 Å². The molecule has 0 spiro atoms. The molecule has 1 heterocycles. The van der Waals surface area contributed by atoms with Gasteiger partial charge >= 0.3 is 6.18 Å². The minimum Gasteiger partial charge on any atom is -0.361 e. The van der Waals surface area contributed by atoms with Crippen LogP contribution in [-0.2, 0) is 16.2 Å². The number of benzene rings is 2. The topological polar surface area (TPSA) is 72.2 Å². The van der Waals surface area contributed by atoms with Gasteiger partial charge in [-0.05, 0) is 55.8 Å². The van der Waals surface area contributed by atoms with Crippen LogP contribution in [0.4, 0.5) is 18.9 Å². The molecule has 0 unspecified atom stereocenters. The third-order valence-electron chi connectivity index (χ3n) is 3.95. The average molecular weight is 396 g/mol. The van der Waals surface area contributed by atoms with Crippen molar-refractivity contribution in [1.29, 1.82) is 0 Å². The molecule has 0 atom stereocenters. The summed E-state index contributed by atoms with van der Waals surface area (Å²) in [5.74, 6) is 0.617. The van der Waals surface area contributed by atoms with Crippen molar-refractivity contribution in [2.45, 2.75) is 24.9 Å². The van der Waals surface area contributed by atoms with Gasteiger partial charge in [-0.1, -0.05) is 17.3 Å². The molecule has 9 heteroatoms. The van der Waals surface area contributed by atoms with Gasteiger partial charge in [0.05, 0.1) is 16.2 Å². The van der Waals surface area contributed by atoms with Gasteiger partial charge in [0.25, 0.3) is 10.0 Å². The predicted molar refractivity (Wildman–Crippen MR) is 93.7 cm³/mol. The molecule has 0 radical (unpaired) electrons. The fourth-order valence-electron chi connectivity index (χ4n) is 2.64. The minimum atomic E-state index is -4.48. The van der Waals surface area contributed by atoms with E-state index in [1.165, 1.54) is 12.1 Å². The van der Waals surface area contributed by atoms with Crippen molar-refractivity contribution in [2.24, 2.45) is 0 Å². The molecule has 142 valence electrons. The van der Waals surface area contributed by atoms with Gasteiger partial charge in [-0.3, -0.25) is 4.72 Å². The first-order valence-corrected chi connectivity index (χ1v) is 9.29. The molecular weight excluding hydrogens is 381 g/mol. The van der Waals surface area contributed by atoms with Crippen LogP contribution in [0.1, 0.15) is 17.0 Å². The van der Waals surface area contributed by atoms with E-state index in [1.807, 2.05) is 0 Å². The van der Waals surface area contributed by atoms with E-state index in [-0.39, 0.29) is 10.6 Å². The summed E-state index contributed by atoms with van der Waals surface area (Å²) in [6.07, 6.45) is -4.48. The quantitative estimate of drug-likeness (QED) is 0.689. The molecule has 0 saturated heterocycles. The number of anilines is 1. The Kier molecular flexibility index (Phi) is 4.73. The first-order valence-electron chi connectivity index (χ1n) is 7.81. The third kappa shape index (κ3) is 3.97. The van der Waals surface area contributed by atoms with Crippen molar-refractivity contribution < 1.29 is 26.1 Å². The van der Waals surface area contributed by atoms with Crippen molar-refractivity contribution in [3.8, 4) is 11.1 Å². The van der Waals surface area contributed by atoms with Crippen LogP contribution >= 0.6 is 0 Å². The van der Waals surface area contributed by atoms with Crippen LogP contribution < -0.4 is 4.72 Å². The SMILES string of the molecule is Cc1noc(C)c1-c1ccc(S(=O)(=O)Nc2ccc(C(F)(F)F)cc2)cc1. The normalized spacial score (nSPS) is 12.2. The molecule has 3 rings (SSSR count). The number of sulfonamides is 1. The lowest BCUT2D eigenvalue weighted by molar-refractivity contribution is -0.137. The van der Waals surface area contributed by atoms with Gasteiger partial charge in [0.2, 0.25) is 0 Å². The number of aryl methyl sites for hydroxylation is 2. The van der Waals surface area contributed by atoms with Gasteiger partial charge in [0, 0.05) is 11.3 Å². The lowest BCUT2D eigenvalue weighted by Gasteiger charge is -2.11. The molecule has 0 saturated carbocycles. The summed E-state index contributed by atoms with van der Waals surface area (Å²) in [5.41, 5.74) is 1.41. The number of nitrogens with zero attached hydrogens (tertiary/aromatic N) is 1. The average Bonchev–Trinajstić information content (AvgIpc) is 2.93. The highest BCUT2D eigenvalue weighted by Gasteiger charge is 2.30. The van der Waals surface area contributed by atoms with E-state index in [0.29, 0.717) is 11.5 Å². The molecule has 0 aliphatic rings. The van der Waals surface area contributed by atoms with Gasteiger partial charge in [0.1, 0.15) is 5.76 Å². The van der Waals surface area contributed by atoms with Crippen LogP contribution in [0.25, 0.3) is 11.1 Å². The predicted octanol–water partition coefficient (Wildman–Crippen LogP) is 4.78. The summed E-state index contributed by atoms with van der Waals surface area (Å²) in [6.45, 7) is 3.54. The molecule has 0 fully saturated rings. The molecule has 2 aromatic carbocycles. The van der Waals surface area contributed by atoms with Crippen LogP contribution in [0, 0.1) is 13.8 Å². The van der Waals surface area contributed by atoms with Crippen LogP contribution in [0.2, 0.25) is 0 Å². The molecule has 5 nitrogen and oxygen atoms in total. The smallest absolute Gasteiger partial charge is 0.361 e. The Hall–Kier alpha value is -2.81. The van der Waals surface area contributed by atoms with Gasteiger partial charge in [-0.2, -0.15) is 13.2 Å². The van der Waals surface area contributed by atoms with E-state index in [0.717, 1.165) is 35.4 Å². The fourth-order valence-corrected chi connectivity index (χ4v) is 3.70. The Bertz CT molecular complexity index is 1040. The summed E-state index contributed by atoms with van der Waals surface area (Å²) < 4.78 is 70.0. The summed E-state index contributed by atoms with van der Waals surface area (Å²) in [5, 5.41) is 3.86. The van der Waals surface area contributed by atoms with E-state index >= 15 is 0 Å². The van der Waals surface area contributed by atoms with E-state index in [2.05, 4.69) is 9.88 Å². The number of aromatic nitrogens is 1. The second-order valence-electron chi connectivity index (χ2n) is 5.90. The Morgan fingerprint density at radius 1 is 0.963 bits per heavy atom. The van der Waals surface area contributed by atoms with E-state index in [1.54, 1.807) is 26.0 Å². The Morgan fingerprint density at radius 3 is 2.04 bits per heavy atom. The zero-order valence-corrected chi connectivity index (χ0v) is 15.1. The number of alkyl halides is 3. The summed E-state index contributed by atoms with van der Waals surface area (Å²) >= 11 is 0. The molecule has 3 aromatic rings. The van der Waals surface area contributed by atoms with Gasteiger partial charge < -0.3 is 4.52 Å². The monoisotopic (exact) mass is 396 g/mol. The molecular formula is C18H15F3N2O3S. The zero-order valence-electron chi connectivity index (χ0n) is 14.3. The molecule has 0 aliphatic carbocycles. The Labute approximate surface area is 153 Å². The highest BCUT2D eigenvalue weighted by molar-refractivity contribution is 7.92. The number of rotatable bonds is 4. The first kappa shape index (κ1) is 19.0. The maximum atomic E-state index is 12.6. The molecule has 0 amide bonds. The highest BCUT2D eigenvalue weighted by Crippen LogP contribution is 2.31. The highest BCUT2D eigenvalue weighted by atomic mass is 32.2. The number of halogens is 3. The van der Waals surface area contributed by atoms with Crippen molar-refractivity contribution in [2.75, 3.05) is 4.72 Å². The largest absolute Gasteiger partial charge is 0.416 e. The van der Waals surface area contributed by atoms with Crippen molar-refractivity contribution in [3.63, 3.8) is 0 Å². The second kappa shape index (κ2) is 6.73. The number of hydrogen-bond donors (Lipinski definition) is 1. The summed E-state index contributed by atoms with van der Waals surface area (Å²) in [4.78, 5) is -0.0158.